The molecule has 0 spiro atoms. The fourth-order valence-corrected chi connectivity index (χ4v) is 3.24. The Balaban J connectivity index is 1.95. The Hall–Kier alpha value is -2.50. The number of anilines is 1. The van der Waals surface area contributed by atoms with Crippen molar-refractivity contribution in [2.75, 3.05) is 11.4 Å². The fourth-order valence-electron chi connectivity index (χ4n) is 2.20. The molecule has 0 saturated carbocycles. The molecule has 2 aromatic heterocycles. The molecule has 3 rings (SSSR count). The molecule has 1 aromatic carbocycles. The third kappa shape index (κ3) is 3.37. The number of rotatable bonds is 5. The SMILES string of the molecule is C=CCN(C(=O)c1cccnc1Cl)c1nc(-c2ccccc2)cs1. The number of carbonyl (C=O) groups is 1. The molecule has 0 bridgehead atoms. The Kier molecular flexibility index (Phi) is 5.03. The van der Waals surface area contributed by atoms with E-state index in [9.17, 15) is 4.79 Å². The van der Waals surface area contributed by atoms with Crippen molar-refractivity contribution >= 4 is 34.0 Å². The van der Waals surface area contributed by atoms with Crippen molar-refractivity contribution in [2.24, 2.45) is 0 Å². The lowest BCUT2D eigenvalue weighted by Gasteiger charge is -2.18. The number of amides is 1. The Bertz CT molecular complexity index is 863. The molecule has 1 amide bonds. The molecule has 0 aliphatic heterocycles. The highest BCUT2D eigenvalue weighted by Crippen LogP contribution is 2.29. The molecule has 0 atom stereocenters. The summed E-state index contributed by atoms with van der Waals surface area (Å²) in [6.07, 6.45) is 3.21. The second kappa shape index (κ2) is 7.38. The summed E-state index contributed by atoms with van der Waals surface area (Å²) in [4.78, 5) is 22.9. The van der Waals surface area contributed by atoms with E-state index in [2.05, 4.69) is 16.5 Å². The van der Waals surface area contributed by atoms with Crippen molar-refractivity contribution < 1.29 is 4.79 Å². The molecule has 4 nitrogen and oxygen atoms in total. The first-order valence-corrected chi connectivity index (χ1v) is 8.50. The van der Waals surface area contributed by atoms with E-state index in [1.807, 2.05) is 35.7 Å². The molecule has 0 saturated heterocycles. The van der Waals surface area contributed by atoms with Crippen molar-refractivity contribution in [1.29, 1.82) is 0 Å². The van der Waals surface area contributed by atoms with E-state index < -0.39 is 0 Å². The lowest BCUT2D eigenvalue weighted by atomic mass is 10.2. The van der Waals surface area contributed by atoms with Crippen molar-refractivity contribution in [2.45, 2.75) is 0 Å². The highest BCUT2D eigenvalue weighted by atomic mass is 35.5. The molecule has 24 heavy (non-hydrogen) atoms. The van der Waals surface area contributed by atoms with Crippen LogP contribution in [0.25, 0.3) is 11.3 Å². The minimum atomic E-state index is -0.248. The minimum absolute atomic E-state index is 0.177. The standard InChI is InChI=1S/C18H14ClN3OS/c1-2-11-22(17(23)14-9-6-10-20-16(14)19)18-21-15(12-24-18)13-7-4-3-5-8-13/h2-10,12H,1,11H2. The van der Waals surface area contributed by atoms with Gasteiger partial charge in [-0.1, -0.05) is 48.0 Å². The molecule has 0 fully saturated rings. The van der Waals surface area contributed by atoms with Crippen molar-refractivity contribution in [1.82, 2.24) is 9.97 Å². The van der Waals surface area contributed by atoms with Gasteiger partial charge in [0.2, 0.25) is 0 Å². The number of hydrogen-bond acceptors (Lipinski definition) is 4. The van der Waals surface area contributed by atoms with Crippen LogP contribution in [0.1, 0.15) is 10.4 Å². The number of aromatic nitrogens is 2. The van der Waals surface area contributed by atoms with Gasteiger partial charge >= 0.3 is 0 Å². The summed E-state index contributed by atoms with van der Waals surface area (Å²) in [6, 6.07) is 13.2. The molecule has 0 unspecified atom stereocenters. The third-order valence-electron chi connectivity index (χ3n) is 3.34. The zero-order chi connectivity index (χ0) is 16.9. The van der Waals surface area contributed by atoms with Crippen LogP contribution in [0.3, 0.4) is 0 Å². The Morgan fingerprint density at radius 2 is 2.04 bits per heavy atom. The Morgan fingerprint density at radius 3 is 2.75 bits per heavy atom. The van der Waals surface area contributed by atoms with E-state index in [-0.39, 0.29) is 11.1 Å². The second-order valence-corrected chi connectivity index (χ2v) is 6.12. The molecule has 0 aliphatic carbocycles. The predicted octanol–water partition coefficient (Wildman–Crippen LogP) is 4.69. The summed E-state index contributed by atoms with van der Waals surface area (Å²) in [6.45, 7) is 4.06. The van der Waals surface area contributed by atoms with Crippen LogP contribution in [0, 0.1) is 0 Å². The van der Waals surface area contributed by atoms with Gasteiger partial charge in [-0.3, -0.25) is 9.69 Å². The normalized spacial score (nSPS) is 10.4. The molecule has 6 heteroatoms. The molecule has 2 heterocycles. The topological polar surface area (TPSA) is 46.1 Å². The van der Waals surface area contributed by atoms with Gasteiger partial charge < -0.3 is 0 Å². The molecule has 0 radical (unpaired) electrons. The van der Waals surface area contributed by atoms with Gasteiger partial charge in [0, 0.05) is 23.7 Å². The summed E-state index contributed by atoms with van der Waals surface area (Å²) < 4.78 is 0. The number of pyridine rings is 1. The van der Waals surface area contributed by atoms with Crippen LogP contribution in [0.4, 0.5) is 5.13 Å². The van der Waals surface area contributed by atoms with Gasteiger partial charge in [0.1, 0.15) is 5.15 Å². The number of nitrogens with zero attached hydrogens (tertiary/aromatic N) is 3. The summed E-state index contributed by atoms with van der Waals surface area (Å²) >= 11 is 7.45. The summed E-state index contributed by atoms with van der Waals surface area (Å²) in [7, 11) is 0. The van der Waals surface area contributed by atoms with Gasteiger partial charge in [-0.05, 0) is 12.1 Å². The third-order valence-corrected chi connectivity index (χ3v) is 4.50. The monoisotopic (exact) mass is 355 g/mol. The average molecular weight is 356 g/mol. The first-order chi connectivity index (χ1) is 11.7. The molecule has 3 aromatic rings. The van der Waals surface area contributed by atoms with E-state index in [0.717, 1.165) is 11.3 Å². The zero-order valence-corrected chi connectivity index (χ0v) is 14.3. The quantitative estimate of drug-likeness (QED) is 0.492. The van der Waals surface area contributed by atoms with Crippen molar-refractivity contribution in [3.8, 4) is 11.3 Å². The van der Waals surface area contributed by atoms with Crippen LogP contribution in [0.5, 0.6) is 0 Å². The lowest BCUT2D eigenvalue weighted by Crippen LogP contribution is -2.31. The Morgan fingerprint density at radius 1 is 1.25 bits per heavy atom. The highest BCUT2D eigenvalue weighted by Gasteiger charge is 2.22. The van der Waals surface area contributed by atoms with Gasteiger partial charge in [0.15, 0.2) is 5.13 Å². The summed E-state index contributed by atoms with van der Waals surface area (Å²) in [5.41, 5.74) is 2.18. The van der Waals surface area contributed by atoms with E-state index in [4.69, 9.17) is 11.6 Å². The van der Waals surface area contributed by atoms with E-state index in [1.165, 1.54) is 11.3 Å². The number of thiazole rings is 1. The van der Waals surface area contributed by atoms with Crippen LogP contribution in [-0.2, 0) is 0 Å². The van der Waals surface area contributed by atoms with Gasteiger partial charge in [0.05, 0.1) is 11.3 Å². The largest absolute Gasteiger partial charge is 0.280 e. The highest BCUT2D eigenvalue weighted by molar-refractivity contribution is 7.14. The van der Waals surface area contributed by atoms with Crippen molar-refractivity contribution in [3.05, 3.63) is 77.4 Å². The van der Waals surface area contributed by atoms with Gasteiger partial charge in [-0.2, -0.15) is 0 Å². The minimum Gasteiger partial charge on any atom is -0.280 e. The Labute approximate surface area is 149 Å². The molecular formula is C18H14ClN3OS. The molecular weight excluding hydrogens is 342 g/mol. The van der Waals surface area contributed by atoms with Crippen LogP contribution < -0.4 is 4.90 Å². The van der Waals surface area contributed by atoms with Gasteiger partial charge in [0.25, 0.3) is 5.91 Å². The van der Waals surface area contributed by atoms with E-state index in [1.54, 1.807) is 29.3 Å². The maximum Gasteiger partial charge on any atom is 0.263 e. The van der Waals surface area contributed by atoms with Crippen molar-refractivity contribution in [3.63, 3.8) is 0 Å². The smallest absolute Gasteiger partial charge is 0.263 e. The van der Waals surface area contributed by atoms with Gasteiger partial charge in [-0.15, -0.1) is 17.9 Å². The summed E-state index contributed by atoms with van der Waals surface area (Å²) in [5, 5.41) is 2.70. The molecule has 0 aliphatic rings. The first-order valence-electron chi connectivity index (χ1n) is 7.25. The number of hydrogen-bond donors (Lipinski definition) is 0. The van der Waals surface area contributed by atoms with Crippen LogP contribution in [0.2, 0.25) is 5.15 Å². The van der Waals surface area contributed by atoms with Crippen LogP contribution >= 0.6 is 22.9 Å². The van der Waals surface area contributed by atoms with Crippen LogP contribution in [0.15, 0.2) is 66.7 Å². The second-order valence-electron chi connectivity index (χ2n) is 4.93. The predicted molar refractivity (Wildman–Crippen MR) is 98.7 cm³/mol. The number of halogens is 1. The van der Waals surface area contributed by atoms with E-state index >= 15 is 0 Å². The van der Waals surface area contributed by atoms with Crippen LogP contribution in [-0.4, -0.2) is 22.4 Å². The maximum absolute atomic E-state index is 12.8. The molecule has 120 valence electrons. The fraction of sp³-hybridized carbons (Fsp3) is 0.0556. The zero-order valence-electron chi connectivity index (χ0n) is 12.7. The van der Waals surface area contributed by atoms with E-state index in [0.29, 0.717) is 17.2 Å². The molecule has 0 N–H and O–H groups in total. The number of benzene rings is 1. The average Bonchev–Trinajstić information content (AvgIpc) is 3.10. The first kappa shape index (κ1) is 16.4. The lowest BCUT2D eigenvalue weighted by molar-refractivity contribution is 0.0989. The number of carbonyl (C=O) groups excluding carboxylic acids is 1. The maximum atomic E-state index is 12.8. The summed E-state index contributed by atoms with van der Waals surface area (Å²) in [5.74, 6) is -0.248. The van der Waals surface area contributed by atoms with Gasteiger partial charge in [-0.25, -0.2) is 9.97 Å².